The van der Waals surface area contributed by atoms with Crippen molar-refractivity contribution in [2.24, 2.45) is 17.3 Å². The number of hydrogen-bond acceptors (Lipinski definition) is 3. The summed E-state index contributed by atoms with van der Waals surface area (Å²) in [6.07, 6.45) is 8.61. The van der Waals surface area contributed by atoms with Crippen molar-refractivity contribution >= 4 is 0 Å². The first-order valence-electron chi connectivity index (χ1n) is 12.2. The summed E-state index contributed by atoms with van der Waals surface area (Å²) < 4.78 is 12.4. The fourth-order valence-corrected chi connectivity index (χ4v) is 6.91. The summed E-state index contributed by atoms with van der Waals surface area (Å²) in [6, 6.07) is 17.3. The van der Waals surface area contributed by atoms with Gasteiger partial charge in [0.1, 0.15) is 12.4 Å². The van der Waals surface area contributed by atoms with Crippen LogP contribution in [0.5, 0.6) is 5.75 Å². The lowest BCUT2D eigenvalue weighted by Crippen LogP contribution is -2.44. The van der Waals surface area contributed by atoms with Gasteiger partial charge >= 0.3 is 0 Å². The summed E-state index contributed by atoms with van der Waals surface area (Å²) in [4.78, 5) is 0. The van der Waals surface area contributed by atoms with Crippen LogP contribution in [0.2, 0.25) is 0 Å². The second-order valence-corrected chi connectivity index (χ2v) is 10.1. The molecule has 31 heavy (non-hydrogen) atoms. The van der Waals surface area contributed by atoms with Crippen LogP contribution in [0, 0.1) is 17.3 Å². The van der Waals surface area contributed by atoms with Gasteiger partial charge in [0.05, 0.1) is 6.10 Å². The van der Waals surface area contributed by atoms with E-state index in [0.717, 1.165) is 24.0 Å². The molecular weight excluding hydrogens is 384 g/mol. The minimum absolute atomic E-state index is 0.228. The molecule has 2 aromatic carbocycles. The van der Waals surface area contributed by atoms with Gasteiger partial charge in [-0.3, -0.25) is 0 Å². The number of benzene rings is 2. The fraction of sp³-hybridized carbons (Fsp3) is 0.571. The monoisotopic (exact) mass is 420 g/mol. The van der Waals surface area contributed by atoms with E-state index in [1.165, 1.54) is 49.7 Å². The van der Waals surface area contributed by atoms with Gasteiger partial charge in [0, 0.05) is 13.2 Å². The lowest BCUT2D eigenvalue weighted by atomic mass is 9.55. The number of aryl methyl sites for hydroxylation is 1. The van der Waals surface area contributed by atoms with Crippen LogP contribution in [0.1, 0.15) is 68.1 Å². The Balaban J connectivity index is 1.28. The highest BCUT2D eigenvalue weighted by Gasteiger charge is 2.55. The third-order valence-corrected chi connectivity index (χ3v) is 8.48. The average Bonchev–Trinajstić information content (AvgIpc) is 3.14. The Morgan fingerprint density at radius 3 is 2.74 bits per heavy atom. The van der Waals surface area contributed by atoms with Crippen LogP contribution < -0.4 is 4.74 Å². The zero-order valence-electron chi connectivity index (χ0n) is 18.8. The fourth-order valence-electron chi connectivity index (χ4n) is 6.91. The van der Waals surface area contributed by atoms with Crippen LogP contribution in [0.3, 0.4) is 0 Å². The lowest BCUT2D eigenvalue weighted by Gasteiger charge is -2.50. The van der Waals surface area contributed by atoms with Crippen LogP contribution in [0.4, 0.5) is 0 Å². The van der Waals surface area contributed by atoms with Crippen molar-refractivity contribution in [1.82, 2.24) is 0 Å². The molecule has 3 aliphatic rings. The first kappa shape index (κ1) is 21.0. The summed E-state index contributed by atoms with van der Waals surface area (Å²) in [7, 11) is 0. The quantitative estimate of drug-likeness (QED) is 0.568. The molecule has 0 bridgehead atoms. The molecule has 2 fully saturated rings. The number of fused-ring (bicyclic) bond motifs is 5. The summed E-state index contributed by atoms with van der Waals surface area (Å²) in [6.45, 7) is 4.04. The summed E-state index contributed by atoms with van der Waals surface area (Å²) >= 11 is 0. The van der Waals surface area contributed by atoms with Gasteiger partial charge in [0.2, 0.25) is 0 Å². The molecule has 3 nitrogen and oxygen atoms in total. The first-order valence-corrected chi connectivity index (χ1v) is 12.2. The molecule has 1 N–H and O–H groups in total. The summed E-state index contributed by atoms with van der Waals surface area (Å²) in [5.41, 5.74) is 4.61. The molecule has 0 saturated heterocycles. The molecule has 3 heteroatoms. The molecular formula is C28H36O3. The molecule has 0 spiro atoms. The number of aliphatic hydroxyl groups excluding tert-OH is 1. The Morgan fingerprint density at radius 1 is 1.03 bits per heavy atom. The van der Waals surface area contributed by atoms with E-state index in [4.69, 9.17) is 14.6 Å². The van der Waals surface area contributed by atoms with E-state index < -0.39 is 0 Å². The molecule has 3 aliphatic carbocycles. The highest BCUT2D eigenvalue weighted by molar-refractivity contribution is 5.41. The Labute approximate surface area is 186 Å². The first-order chi connectivity index (χ1) is 15.2. The van der Waals surface area contributed by atoms with E-state index in [1.807, 2.05) is 6.07 Å². The maximum Gasteiger partial charge on any atom is 0.120 e. The van der Waals surface area contributed by atoms with Crippen molar-refractivity contribution in [2.45, 2.75) is 70.5 Å². The molecule has 2 aromatic rings. The van der Waals surface area contributed by atoms with Gasteiger partial charge in [0.15, 0.2) is 0 Å². The van der Waals surface area contributed by atoms with Crippen molar-refractivity contribution in [3.05, 3.63) is 65.2 Å². The van der Waals surface area contributed by atoms with Crippen molar-refractivity contribution in [2.75, 3.05) is 13.2 Å². The van der Waals surface area contributed by atoms with Crippen molar-refractivity contribution in [1.29, 1.82) is 0 Å². The maximum atomic E-state index is 9.11. The van der Waals surface area contributed by atoms with E-state index in [9.17, 15) is 0 Å². The van der Waals surface area contributed by atoms with E-state index in [0.29, 0.717) is 30.7 Å². The van der Waals surface area contributed by atoms with E-state index in [-0.39, 0.29) is 6.61 Å². The molecule has 0 radical (unpaired) electrons. The van der Waals surface area contributed by atoms with Crippen LogP contribution in [0.25, 0.3) is 0 Å². The zero-order valence-corrected chi connectivity index (χ0v) is 18.8. The third-order valence-electron chi connectivity index (χ3n) is 8.48. The third kappa shape index (κ3) is 4.03. The smallest absolute Gasteiger partial charge is 0.120 e. The predicted molar refractivity (Wildman–Crippen MR) is 123 cm³/mol. The van der Waals surface area contributed by atoms with Crippen LogP contribution >= 0.6 is 0 Å². The van der Waals surface area contributed by atoms with Crippen LogP contribution in [0.15, 0.2) is 48.5 Å². The van der Waals surface area contributed by atoms with Gasteiger partial charge < -0.3 is 14.6 Å². The Hall–Kier alpha value is -1.84. The molecule has 0 aromatic heterocycles. The van der Waals surface area contributed by atoms with E-state index in [2.05, 4.69) is 49.4 Å². The molecule has 2 saturated carbocycles. The Bertz CT molecular complexity index is 879. The van der Waals surface area contributed by atoms with E-state index in [1.54, 1.807) is 5.56 Å². The van der Waals surface area contributed by atoms with Gasteiger partial charge in [-0.2, -0.15) is 0 Å². The molecule has 5 unspecified atom stereocenters. The average molecular weight is 421 g/mol. The predicted octanol–water partition coefficient (Wildman–Crippen LogP) is 5.89. The van der Waals surface area contributed by atoms with Crippen molar-refractivity contribution in [3.8, 4) is 5.75 Å². The molecule has 166 valence electrons. The van der Waals surface area contributed by atoms with Gasteiger partial charge in [-0.15, -0.1) is 0 Å². The van der Waals surface area contributed by atoms with Gasteiger partial charge in [-0.05, 0) is 96.9 Å². The largest absolute Gasteiger partial charge is 0.489 e. The van der Waals surface area contributed by atoms with Gasteiger partial charge in [-0.1, -0.05) is 43.3 Å². The SMILES string of the molecule is CC12CCC3c4ccc(OCc5ccccc5)cc4CCC3C1CCC2OCCCO. The highest BCUT2D eigenvalue weighted by Crippen LogP contribution is 2.61. The van der Waals surface area contributed by atoms with Gasteiger partial charge in [0.25, 0.3) is 0 Å². The summed E-state index contributed by atoms with van der Waals surface area (Å²) in [5, 5.41) is 9.11. The second kappa shape index (κ2) is 8.96. The minimum Gasteiger partial charge on any atom is -0.489 e. The Kier molecular flexibility index (Phi) is 6.08. The van der Waals surface area contributed by atoms with Crippen molar-refractivity contribution < 1.29 is 14.6 Å². The van der Waals surface area contributed by atoms with Crippen LogP contribution in [-0.4, -0.2) is 24.4 Å². The minimum atomic E-state index is 0.228. The zero-order chi connectivity index (χ0) is 21.3. The topological polar surface area (TPSA) is 38.7 Å². The maximum absolute atomic E-state index is 9.11. The number of rotatable bonds is 7. The normalized spacial score (nSPS) is 31.5. The molecule has 0 amide bonds. The summed E-state index contributed by atoms with van der Waals surface area (Å²) in [5.74, 6) is 3.25. The standard InChI is InChI=1S/C28H36O3/c1-28-15-14-24-23-11-9-22(31-19-20-6-3-2-4-7-20)18-21(23)8-10-25(24)26(28)12-13-27(28)30-17-5-16-29/h2-4,6-7,9,11,18,24-27,29H,5,8,10,12-17,19H2,1H3. The lowest BCUT2D eigenvalue weighted by molar-refractivity contribution is -0.0661. The second-order valence-electron chi connectivity index (χ2n) is 10.1. The van der Waals surface area contributed by atoms with Gasteiger partial charge in [-0.25, -0.2) is 0 Å². The molecule has 0 aliphatic heterocycles. The molecule has 5 atom stereocenters. The van der Waals surface area contributed by atoms with Crippen LogP contribution in [-0.2, 0) is 17.8 Å². The molecule has 0 heterocycles. The Morgan fingerprint density at radius 2 is 1.90 bits per heavy atom. The van der Waals surface area contributed by atoms with Crippen molar-refractivity contribution in [3.63, 3.8) is 0 Å². The number of aliphatic hydroxyl groups is 1. The van der Waals surface area contributed by atoms with E-state index >= 15 is 0 Å². The number of ether oxygens (including phenoxy) is 2. The number of hydrogen-bond donors (Lipinski definition) is 1. The molecule has 5 rings (SSSR count). The highest BCUT2D eigenvalue weighted by atomic mass is 16.5.